The fraction of sp³-hybridized carbons (Fsp3) is 0.538. The van der Waals surface area contributed by atoms with E-state index in [0.717, 1.165) is 11.4 Å². The van der Waals surface area contributed by atoms with Crippen molar-refractivity contribution in [1.29, 1.82) is 0 Å². The highest BCUT2D eigenvalue weighted by Gasteiger charge is 2.10. The molecular weight excluding hydrogens is 202 g/mol. The van der Waals surface area contributed by atoms with Crippen LogP contribution in [0.3, 0.4) is 0 Å². The van der Waals surface area contributed by atoms with Crippen molar-refractivity contribution in [3.8, 4) is 11.8 Å². The largest absolute Gasteiger partial charge is 0.287 e. The van der Waals surface area contributed by atoms with E-state index in [1.165, 1.54) is 0 Å². The lowest BCUT2D eigenvalue weighted by Gasteiger charge is -2.28. The summed E-state index contributed by atoms with van der Waals surface area (Å²) in [7, 11) is 0. The molecule has 0 aliphatic carbocycles. The smallest absolute Gasteiger partial charge is 0.0768 e. The number of hydrogen-bond donors (Lipinski definition) is 0. The van der Waals surface area contributed by atoms with E-state index in [2.05, 4.69) is 55.9 Å². The minimum atomic E-state index is 0.558. The summed E-state index contributed by atoms with van der Waals surface area (Å²) < 4.78 is 0. The third-order valence-corrected chi connectivity index (χ3v) is 3.11. The Morgan fingerprint density at radius 1 is 1.27 bits per heavy atom. The second-order valence-electron chi connectivity index (χ2n) is 4.14. The average molecular weight is 221 g/mol. The van der Waals surface area contributed by atoms with Crippen LogP contribution in [0.15, 0.2) is 17.5 Å². The molecule has 1 heterocycles. The quantitative estimate of drug-likeness (QED) is 0.708. The third-order valence-electron chi connectivity index (χ3n) is 2.32. The van der Waals surface area contributed by atoms with Crippen molar-refractivity contribution >= 4 is 11.3 Å². The van der Waals surface area contributed by atoms with Crippen LogP contribution in [0, 0.1) is 11.8 Å². The fourth-order valence-corrected chi connectivity index (χ4v) is 2.12. The van der Waals surface area contributed by atoms with Gasteiger partial charge in [0.05, 0.1) is 11.4 Å². The minimum absolute atomic E-state index is 0.558. The number of rotatable bonds is 3. The first-order valence-electron chi connectivity index (χ1n) is 5.39. The molecule has 0 saturated heterocycles. The maximum atomic E-state index is 3.24. The molecular formula is C13H19NS. The molecule has 82 valence electrons. The lowest BCUT2D eigenvalue weighted by atomic mass is 10.2. The molecule has 0 radical (unpaired) electrons. The highest BCUT2D eigenvalue weighted by atomic mass is 32.1. The summed E-state index contributed by atoms with van der Waals surface area (Å²) in [6, 6.07) is 5.22. The van der Waals surface area contributed by atoms with Crippen molar-refractivity contribution in [3.05, 3.63) is 22.4 Å². The summed E-state index contributed by atoms with van der Waals surface area (Å²) >= 11 is 1.70. The molecule has 0 spiro atoms. The monoisotopic (exact) mass is 221 g/mol. The Morgan fingerprint density at radius 2 is 1.93 bits per heavy atom. The van der Waals surface area contributed by atoms with Crippen LogP contribution in [0.1, 0.15) is 32.6 Å². The summed E-state index contributed by atoms with van der Waals surface area (Å²) in [5.74, 6) is 6.43. The van der Waals surface area contributed by atoms with Gasteiger partial charge in [-0.25, -0.2) is 0 Å². The zero-order valence-corrected chi connectivity index (χ0v) is 10.8. The van der Waals surface area contributed by atoms with Gasteiger partial charge in [0.1, 0.15) is 0 Å². The summed E-state index contributed by atoms with van der Waals surface area (Å²) in [6.07, 6.45) is 0. The van der Waals surface area contributed by atoms with Crippen LogP contribution in [0.5, 0.6) is 0 Å². The van der Waals surface area contributed by atoms with Crippen molar-refractivity contribution < 1.29 is 0 Å². The molecule has 0 N–H and O–H groups in total. The van der Waals surface area contributed by atoms with Gasteiger partial charge in [0.25, 0.3) is 0 Å². The lowest BCUT2D eigenvalue weighted by Crippen LogP contribution is -2.37. The van der Waals surface area contributed by atoms with Crippen molar-refractivity contribution in [2.24, 2.45) is 0 Å². The van der Waals surface area contributed by atoms with Gasteiger partial charge in [-0.2, -0.15) is 0 Å². The molecule has 1 aromatic heterocycles. The van der Waals surface area contributed by atoms with Crippen LogP contribution >= 0.6 is 11.3 Å². The Balaban J connectivity index is 2.53. The molecule has 0 bridgehead atoms. The van der Waals surface area contributed by atoms with Gasteiger partial charge in [-0.3, -0.25) is 4.90 Å². The van der Waals surface area contributed by atoms with Crippen molar-refractivity contribution in [2.45, 2.75) is 39.8 Å². The average Bonchev–Trinajstić information content (AvgIpc) is 2.63. The second-order valence-corrected chi connectivity index (χ2v) is 5.09. The van der Waals surface area contributed by atoms with Gasteiger partial charge >= 0.3 is 0 Å². The van der Waals surface area contributed by atoms with Crippen LogP contribution in [-0.4, -0.2) is 23.5 Å². The Morgan fingerprint density at radius 3 is 2.40 bits per heavy atom. The topological polar surface area (TPSA) is 3.24 Å². The molecule has 0 fully saturated rings. The fourth-order valence-electron chi connectivity index (χ4n) is 1.53. The molecule has 0 aromatic carbocycles. The highest BCUT2D eigenvalue weighted by molar-refractivity contribution is 7.10. The van der Waals surface area contributed by atoms with Crippen molar-refractivity contribution in [3.63, 3.8) is 0 Å². The van der Waals surface area contributed by atoms with E-state index in [0.29, 0.717) is 12.1 Å². The molecule has 0 aliphatic rings. The first kappa shape index (κ1) is 12.3. The molecule has 15 heavy (non-hydrogen) atoms. The Hall–Kier alpha value is -0.780. The van der Waals surface area contributed by atoms with E-state index >= 15 is 0 Å². The van der Waals surface area contributed by atoms with E-state index < -0.39 is 0 Å². The minimum Gasteiger partial charge on any atom is -0.287 e. The number of thiophene rings is 1. The summed E-state index contributed by atoms with van der Waals surface area (Å²) in [4.78, 5) is 3.54. The zero-order chi connectivity index (χ0) is 11.3. The third kappa shape index (κ3) is 4.07. The lowest BCUT2D eigenvalue weighted by molar-refractivity contribution is 0.200. The van der Waals surface area contributed by atoms with Gasteiger partial charge in [0, 0.05) is 12.1 Å². The van der Waals surface area contributed by atoms with E-state index in [4.69, 9.17) is 0 Å². The van der Waals surface area contributed by atoms with Gasteiger partial charge in [-0.05, 0) is 39.1 Å². The zero-order valence-electron chi connectivity index (χ0n) is 9.95. The van der Waals surface area contributed by atoms with E-state index in [-0.39, 0.29) is 0 Å². The number of hydrogen-bond acceptors (Lipinski definition) is 2. The molecule has 1 nitrogen and oxygen atoms in total. The van der Waals surface area contributed by atoms with Crippen LogP contribution < -0.4 is 0 Å². The van der Waals surface area contributed by atoms with Crippen LogP contribution in [-0.2, 0) is 0 Å². The van der Waals surface area contributed by atoms with Crippen LogP contribution in [0.2, 0.25) is 0 Å². The molecule has 0 unspecified atom stereocenters. The van der Waals surface area contributed by atoms with Crippen LogP contribution in [0.25, 0.3) is 0 Å². The van der Waals surface area contributed by atoms with E-state index in [1.807, 2.05) is 6.07 Å². The molecule has 2 heteroatoms. The predicted molar refractivity (Wildman–Crippen MR) is 68.2 cm³/mol. The highest BCUT2D eigenvalue weighted by Crippen LogP contribution is 2.06. The molecule has 0 atom stereocenters. The standard InChI is InChI=1S/C13H19NS/c1-11(2)14(12(3)4)9-5-7-13-8-6-10-15-13/h6,8,10-12H,9H2,1-4H3. The molecule has 0 saturated carbocycles. The Kier molecular flexibility index (Phi) is 4.87. The summed E-state index contributed by atoms with van der Waals surface area (Å²) in [5.41, 5.74) is 0. The first-order valence-corrected chi connectivity index (χ1v) is 6.27. The first-order chi connectivity index (χ1) is 7.11. The maximum absolute atomic E-state index is 3.24. The Labute approximate surface area is 97.1 Å². The normalized spacial score (nSPS) is 10.9. The van der Waals surface area contributed by atoms with Gasteiger partial charge in [0.15, 0.2) is 0 Å². The summed E-state index contributed by atoms with van der Waals surface area (Å²) in [5, 5.41) is 2.06. The van der Waals surface area contributed by atoms with Gasteiger partial charge in [0.2, 0.25) is 0 Å². The Bertz CT molecular complexity index is 319. The SMILES string of the molecule is CC(C)N(CC#Cc1cccs1)C(C)C. The predicted octanol–water partition coefficient (Wildman–Crippen LogP) is 3.22. The molecule has 1 rings (SSSR count). The molecule has 0 amide bonds. The maximum Gasteiger partial charge on any atom is 0.0768 e. The summed E-state index contributed by atoms with van der Waals surface area (Å²) in [6.45, 7) is 9.71. The van der Waals surface area contributed by atoms with E-state index in [9.17, 15) is 0 Å². The van der Waals surface area contributed by atoms with E-state index in [1.54, 1.807) is 11.3 Å². The van der Waals surface area contributed by atoms with Crippen molar-refractivity contribution in [2.75, 3.05) is 6.54 Å². The molecule has 1 aromatic rings. The van der Waals surface area contributed by atoms with Crippen LogP contribution in [0.4, 0.5) is 0 Å². The number of nitrogens with zero attached hydrogens (tertiary/aromatic N) is 1. The van der Waals surface area contributed by atoms with Gasteiger partial charge in [-0.15, -0.1) is 11.3 Å². The second kappa shape index (κ2) is 5.95. The van der Waals surface area contributed by atoms with Crippen molar-refractivity contribution in [1.82, 2.24) is 4.90 Å². The van der Waals surface area contributed by atoms with Gasteiger partial charge < -0.3 is 0 Å². The van der Waals surface area contributed by atoms with Gasteiger partial charge in [-0.1, -0.05) is 17.9 Å². The molecule has 0 aliphatic heterocycles.